The lowest BCUT2D eigenvalue weighted by Crippen LogP contribution is -2.37. The Bertz CT molecular complexity index is 794. The van der Waals surface area contributed by atoms with Crippen LogP contribution in [0.3, 0.4) is 0 Å². The Hall–Kier alpha value is -3.08. The van der Waals surface area contributed by atoms with Gasteiger partial charge in [-0.15, -0.1) is 0 Å². The van der Waals surface area contributed by atoms with E-state index in [0.717, 1.165) is 18.2 Å². The van der Waals surface area contributed by atoms with E-state index in [9.17, 15) is 0 Å². The van der Waals surface area contributed by atoms with Gasteiger partial charge in [0.1, 0.15) is 0 Å². The van der Waals surface area contributed by atoms with Crippen LogP contribution >= 0.6 is 0 Å². The molecule has 0 fully saturated rings. The van der Waals surface area contributed by atoms with Gasteiger partial charge in [0.15, 0.2) is 5.96 Å². The highest BCUT2D eigenvalue weighted by atomic mass is 15.2. The van der Waals surface area contributed by atoms with Crippen molar-refractivity contribution in [2.45, 2.75) is 20.0 Å². The van der Waals surface area contributed by atoms with Crippen LogP contribution in [-0.2, 0) is 13.1 Å². The van der Waals surface area contributed by atoms with Crippen LogP contribution in [0.2, 0.25) is 0 Å². The largest absolute Gasteiger partial charge is 0.357 e. The van der Waals surface area contributed by atoms with Gasteiger partial charge in [-0.2, -0.15) is 0 Å². The second-order valence-electron chi connectivity index (χ2n) is 5.63. The second-order valence-corrected chi connectivity index (χ2v) is 5.63. The predicted molar refractivity (Wildman–Crippen MR) is 102 cm³/mol. The number of aliphatic imine (C=N–C) groups is 1. The standard InChI is InChI=1S/C20H23N5/c1-2-22-20(23-14-17-8-4-3-5-9-17)24-15-18-10-6-7-11-19(18)25-13-12-21-16-25/h3-13,16H,2,14-15H2,1H3,(H2,22,23,24). The lowest BCUT2D eigenvalue weighted by Gasteiger charge is -2.14. The Labute approximate surface area is 148 Å². The summed E-state index contributed by atoms with van der Waals surface area (Å²) >= 11 is 0. The molecule has 5 heteroatoms. The molecule has 0 spiro atoms. The third kappa shape index (κ3) is 4.70. The summed E-state index contributed by atoms with van der Waals surface area (Å²) < 4.78 is 2.02. The molecule has 0 aliphatic heterocycles. The van der Waals surface area contributed by atoms with Gasteiger partial charge in [0, 0.05) is 25.5 Å². The zero-order valence-electron chi connectivity index (χ0n) is 14.4. The molecule has 0 saturated carbocycles. The van der Waals surface area contributed by atoms with Crippen molar-refractivity contribution in [2.24, 2.45) is 4.99 Å². The van der Waals surface area contributed by atoms with Gasteiger partial charge in [-0.05, 0) is 24.1 Å². The van der Waals surface area contributed by atoms with E-state index in [2.05, 4.69) is 51.8 Å². The molecular weight excluding hydrogens is 310 g/mol. The Kier molecular flexibility index (Phi) is 5.82. The summed E-state index contributed by atoms with van der Waals surface area (Å²) in [4.78, 5) is 8.80. The molecule has 0 aliphatic rings. The molecule has 0 aliphatic carbocycles. The van der Waals surface area contributed by atoms with Gasteiger partial charge in [-0.3, -0.25) is 0 Å². The number of imidazole rings is 1. The zero-order chi connectivity index (χ0) is 17.3. The Balaban J connectivity index is 1.70. The van der Waals surface area contributed by atoms with E-state index in [1.807, 2.05) is 47.4 Å². The minimum atomic E-state index is 0.652. The first-order chi connectivity index (χ1) is 12.4. The number of benzene rings is 2. The Morgan fingerprint density at radius 2 is 1.84 bits per heavy atom. The summed E-state index contributed by atoms with van der Waals surface area (Å²) in [7, 11) is 0. The lowest BCUT2D eigenvalue weighted by molar-refractivity contribution is 0.810. The molecular formula is C20H23N5. The number of nitrogens with one attached hydrogen (secondary N) is 2. The number of aromatic nitrogens is 2. The first-order valence-corrected chi connectivity index (χ1v) is 8.49. The van der Waals surface area contributed by atoms with Crippen molar-refractivity contribution < 1.29 is 0 Å². The average molecular weight is 333 g/mol. The third-order valence-corrected chi connectivity index (χ3v) is 3.83. The topological polar surface area (TPSA) is 54.2 Å². The second kappa shape index (κ2) is 8.68. The van der Waals surface area contributed by atoms with Gasteiger partial charge < -0.3 is 15.2 Å². The van der Waals surface area contributed by atoms with Gasteiger partial charge in [0.05, 0.1) is 18.6 Å². The fourth-order valence-electron chi connectivity index (χ4n) is 2.59. The minimum Gasteiger partial charge on any atom is -0.357 e. The molecule has 2 N–H and O–H groups in total. The van der Waals surface area contributed by atoms with Crippen molar-refractivity contribution in [1.29, 1.82) is 0 Å². The van der Waals surface area contributed by atoms with Crippen molar-refractivity contribution in [1.82, 2.24) is 20.2 Å². The molecule has 1 aromatic heterocycles. The van der Waals surface area contributed by atoms with E-state index in [4.69, 9.17) is 0 Å². The van der Waals surface area contributed by atoms with Crippen LogP contribution in [0, 0.1) is 0 Å². The highest BCUT2D eigenvalue weighted by Crippen LogP contribution is 2.13. The van der Waals surface area contributed by atoms with Gasteiger partial charge in [-0.1, -0.05) is 48.5 Å². The molecule has 25 heavy (non-hydrogen) atoms. The van der Waals surface area contributed by atoms with Crippen LogP contribution in [-0.4, -0.2) is 22.1 Å². The number of guanidine groups is 1. The van der Waals surface area contributed by atoms with E-state index in [1.165, 1.54) is 11.1 Å². The maximum Gasteiger partial charge on any atom is 0.191 e. The van der Waals surface area contributed by atoms with Gasteiger partial charge in [0.25, 0.3) is 0 Å². The molecule has 0 bridgehead atoms. The first kappa shape index (κ1) is 16.8. The first-order valence-electron chi connectivity index (χ1n) is 8.49. The molecule has 0 radical (unpaired) electrons. The Morgan fingerprint density at radius 3 is 2.60 bits per heavy atom. The van der Waals surface area contributed by atoms with E-state index >= 15 is 0 Å². The van der Waals surface area contributed by atoms with E-state index < -0.39 is 0 Å². The number of hydrogen-bond acceptors (Lipinski definition) is 2. The highest BCUT2D eigenvalue weighted by molar-refractivity contribution is 5.79. The molecule has 3 rings (SSSR count). The minimum absolute atomic E-state index is 0.652. The molecule has 5 nitrogen and oxygen atoms in total. The van der Waals surface area contributed by atoms with Crippen LogP contribution in [0.5, 0.6) is 0 Å². The van der Waals surface area contributed by atoms with Crippen molar-refractivity contribution in [3.8, 4) is 5.69 Å². The normalized spacial score (nSPS) is 11.3. The summed E-state index contributed by atoms with van der Waals surface area (Å²) in [5, 5.41) is 6.71. The van der Waals surface area contributed by atoms with Crippen molar-refractivity contribution in [3.05, 3.63) is 84.4 Å². The molecule has 0 unspecified atom stereocenters. The number of nitrogens with zero attached hydrogens (tertiary/aromatic N) is 3. The summed E-state index contributed by atoms with van der Waals surface area (Å²) in [6.07, 6.45) is 5.55. The van der Waals surface area contributed by atoms with E-state index in [-0.39, 0.29) is 0 Å². The summed E-state index contributed by atoms with van der Waals surface area (Å²) in [6.45, 7) is 4.23. The molecule has 3 aromatic rings. The smallest absolute Gasteiger partial charge is 0.191 e. The summed E-state index contributed by atoms with van der Waals surface area (Å²) in [6, 6.07) is 18.5. The Morgan fingerprint density at radius 1 is 1.04 bits per heavy atom. The van der Waals surface area contributed by atoms with Crippen molar-refractivity contribution in [3.63, 3.8) is 0 Å². The maximum atomic E-state index is 4.67. The third-order valence-electron chi connectivity index (χ3n) is 3.83. The maximum absolute atomic E-state index is 4.67. The fraction of sp³-hybridized carbons (Fsp3) is 0.200. The van der Waals surface area contributed by atoms with E-state index in [1.54, 1.807) is 6.20 Å². The predicted octanol–water partition coefficient (Wildman–Crippen LogP) is 3.13. The van der Waals surface area contributed by atoms with Gasteiger partial charge in [-0.25, -0.2) is 9.98 Å². The molecule has 0 amide bonds. The van der Waals surface area contributed by atoms with Crippen LogP contribution in [0.25, 0.3) is 5.69 Å². The van der Waals surface area contributed by atoms with E-state index in [0.29, 0.717) is 13.1 Å². The average Bonchev–Trinajstić information content (AvgIpc) is 3.20. The molecule has 0 saturated heterocycles. The number of hydrogen-bond donors (Lipinski definition) is 2. The quantitative estimate of drug-likeness (QED) is 0.538. The lowest BCUT2D eigenvalue weighted by atomic mass is 10.1. The SMILES string of the molecule is CCNC(=NCc1ccccc1)NCc1ccccc1-n1ccnc1. The van der Waals surface area contributed by atoms with Crippen molar-refractivity contribution >= 4 is 5.96 Å². The number of para-hydroxylation sites is 1. The molecule has 1 heterocycles. The van der Waals surface area contributed by atoms with Crippen molar-refractivity contribution in [2.75, 3.05) is 6.54 Å². The van der Waals surface area contributed by atoms with Crippen LogP contribution in [0.15, 0.2) is 78.3 Å². The highest BCUT2D eigenvalue weighted by Gasteiger charge is 2.05. The van der Waals surface area contributed by atoms with Gasteiger partial charge in [0.2, 0.25) is 0 Å². The van der Waals surface area contributed by atoms with Crippen LogP contribution in [0.1, 0.15) is 18.1 Å². The molecule has 0 atom stereocenters. The summed E-state index contributed by atoms with van der Waals surface area (Å²) in [5.41, 5.74) is 3.50. The molecule has 2 aromatic carbocycles. The number of rotatable bonds is 6. The summed E-state index contributed by atoms with van der Waals surface area (Å²) in [5.74, 6) is 0.812. The van der Waals surface area contributed by atoms with Crippen LogP contribution in [0.4, 0.5) is 0 Å². The van der Waals surface area contributed by atoms with Crippen LogP contribution < -0.4 is 10.6 Å². The monoisotopic (exact) mass is 333 g/mol. The fourth-order valence-corrected chi connectivity index (χ4v) is 2.59. The van der Waals surface area contributed by atoms with Gasteiger partial charge >= 0.3 is 0 Å². The zero-order valence-corrected chi connectivity index (χ0v) is 14.4. The molecule has 128 valence electrons.